The van der Waals surface area contributed by atoms with Crippen LogP contribution in [0.2, 0.25) is 0 Å². The Labute approximate surface area is 123 Å². The first-order valence-electron chi connectivity index (χ1n) is 7.16. The maximum Gasteiger partial charge on any atom is 0.261 e. The number of hydrogen-bond acceptors (Lipinski definition) is 4. The molecular formula is C16H19NO4. The van der Waals surface area contributed by atoms with Crippen LogP contribution in [0.15, 0.2) is 24.3 Å². The van der Waals surface area contributed by atoms with E-state index >= 15 is 0 Å². The zero-order chi connectivity index (χ0) is 15.2. The molecule has 5 heteroatoms. The van der Waals surface area contributed by atoms with E-state index in [1.54, 1.807) is 24.3 Å². The molecule has 2 aliphatic heterocycles. The second kappa shape index (κ2) is 4.93. The standard InChI is InChI=1S/C16H19NO4/c1-10-9-20-16(2,3)21-13(10)8-17-14(18)11-6-4-5-7-12(11)15(17)19/h4-7,10,13H,8-9H2,1-3H3/t10-,13+/m0/s1. The number of imide groups is 1. The number of nitrogens with zero attached hydrogens (tertiary/aromatic N) is 1. The molecule has 112 valence electrons. The molecule has 2 aliphatic rings. The van der Waals surface area contributed by atoms with E-state index < -0.39 is 5.79 Å². The molecule has 1 aromatic rings. The quantitative estimate of drug-likeness (QED) is 0.782. The van der Waals surface area contributed by atoms with E-state index in [2.05, 4.69) is 0 Å². The van der Waals surface area contributed by atoms with Crippen LogP contribution in [0.3, 0.4) is 0 Å². The first kappa shape index (κ1) is 14.2. The van der Waals surface area contributed by atoms with E-state index in [1.807, 2.05) is 20.8 Å². The second-order valence-electron chi connectivity index (χ2n) is 6.11. The average molecular weight is 289 g/mol. The Balaban J connectivity index is 1.80. The Morgan fingerprint density at radius 1 is 1.19 bits per heavy atom. The molecule has 0 aliphatic carbocycles. The number of fused-ring (bicyclic) bond motifs is 1. The fourth-order valence-electron chi connectivity index (χ4n) is 2.76. The number of rotatable bonds is 2. The van der Waals surface area contributed by atoms with Gasteiger partial charge < -0.3 is 9.47 Å². The predicted molar refractivity (Wildman–Crippen MR) is 75.9 cm³/mol. The fraction of sp³-hybridized carbons (Fsp3) is 0.500. The monoisotopic (exact) mass is 289 g/mol. The molecule has 1 aromatic carbocycles. The first-order valence-corrected chi connectivity index (χ1v) is 7.16. The number of ether oxygens (including phenoxy) is 2. The Morgan fingerprint density at radius 3 is 2.33 bits per heavy atom. The maximum atomic E-state index is 12.4. The molecule has 2 atom stereocenters. The largest absolute Gasteiger partial charge is 0.350 e. The van der Waals surface area contributed by atoms with Gasteiger partial charge >= 0.3 is 0 Å². The minimum absolute atomic E-state index is 0.127. The van der Waals surface area contributed by atoms with Gasteiger partial charge in [-0.2, -0.15) is 0 Å². The highest BCUT2D eigenvalue weighted by Gasteiger charge is 2.41. The van der Waals surface area contributed by atoms with Gasteiger partial charge in [0.15, 0.2) is 5.79 Å². The molecule has 2 amide bonds. The summed E-state index contributed by atoms with van der Waals surface area (Å²) in [5.74, 6) is -1.04. The molecule has 0 aromatic heterocycles. The van der Waals surface area contributed by atoms with Gasteiger partial charge in [0, 0.05) is 5.92 Å². The van der Waals surface area contributed by atoms with E-state index in [4.69, 9.17) is 9.47 Å². The highest BCUT2D eigenvalue weighted by atomic mass is 16.7. The molecule has 0 spiro atoms. The van der Waals surface area contributed by atoms with Gasteiger partial charge in [-0.15, -0.1) is 0 Å². The normalized spacial score (nSPS) is 27.9. The lowest BCUT2D eigenvalue weighted by Crippen LogP contribution is -2.50. The van der Waals surface area contributed by atoms with Crippen LogP contribution in [0.1, 0.15) is 41.5 Å². The van der Waals surface area contributed by atoms with Crippen LogP contribution >= 0.6 is 0 Å². The third kappa shape index (κ3) is 2.47. The molecule has 0 radical (unpaired) electrons. The van der Waals surface area contributed by atoms with Gasteiger partial charge in [-0.1, -0.05) is 19.1 Å². The Morgan fingerprint density at radius 2 is 1.76 bits per heavy atom. The second-order valence-corrected chi connectivity index (χ2v) is 6.11. The molecule has 21 heavy (non-hydrogen) atoms. The highest BCUT2D eigenvalue weighted by molar-refractivity contribution is 6.21. The molecule has 3 rings (SSSR count). The van der Waals surface area contributed by atoms with E-state index in [1.165, 1.54) is 4.90 Å². The van der Waals surface area contributed by atoms with Crippen molar-refractivity contribution in [3.63, 3.8) is 0 Å². The highest BCUT2D eigenvalue weighted by Crippen LogP contribution is 2.29. The summed E-state index contributed by atoms with van der Waals surface area (Å²) < 4.78 is 11.5. The molecule has 5 nitrogen and oxygen atoms in total. The van der Waals surface area contributed by atoms with Crippen molar-refractivity contribution in [1.29, 1.82) is 0 Å². The average Bonchev–Trinajstić information content (AvgIpc) is 2.68. The lowest BCUT2D eigenvalue weighted by Gasteiger charge is -2.40. The molecule has 2 heterocycles. The molecule has 1 fully saturated rings. The van der Waals surface area contributed by atoms with Gasteiger partial charge in [0.2, 0.25) is 0 Å². The lowest BCUT2D eigenvalue weighted by atomic mass is 10.0. The lowest BCUT2D eigenvalue weighted by molar-refractivity contribution is -0.290. The van der Waals surface area contributed by atoms with Crippen molar-refractivity contribution >= 4 is 11.8 Å². The van der Waals surface area contributed by atoms with Crippen LogP contribution in [0.25, 0.3) is 0 Å². The molecular weight excluding hydrogens is 270 g/mol. The minimum atomic E-state index is -0.685. The summed E-state index contributed by atoms with van der Waals surface area (Å²) in [7, 11) is 0. The van der Waals surface area contributed by atoms with E-state index in [-0.39, 0.29) is 30.4 Å². The van der Waals surface area contributed by atoms with Gasteiger partial charge in [0.25, 0.3) is 11.8 Å². The minimum Gasteiger partial charge on any atom is -0.350 e. The van der Waals surface area contributed by atoms with Crippen molar-refractivity contribution in [2.24, 2.45) is 5.92 Å². The zero-order valence-corrected chi connectivity index (χ0v) is 12.5. The van der Waals surface area contributed by atoms with Crippen LogP contribution in [0.5, 0.6) is 0 Å². The van der Waals surface area contributed by atoms with Gasteiger partial charge in [-0.05, 0) is 26.0 Å². The van der Waals surface area contributed by atoms with Crippen LogP contribution < -0.4 is 0 Å². The van der Waals surface area contributed by atoms with Crippen LogP contribution in [-0.2, 0) is 9.47 Å². The van der Waals surface area contributed by atoms with Crippen molar-refractivity contribution in [1.82, 2.24) is 4.90 Å². The topological polar surface area (TPSA) is 55.8 Å². The molecule has 0 N–H and O–H groups in total. The van der Waals surface area contributed by atoms with E-state index in [9.17, 15) is 9.59 Å². The third-order valence-corrected chi connectivity index (χ3v) is 4.00. The van der Waals surface area contributed by atoms with E-state index in [0.717, 1.165) is 0 Å². The summed E-state index contributed by atoms with van der Waals surface area (Å²) in [6.45, 7) is 6.50. The molecule has 0 unspecified atom stereocenters. The van der Waals surface area contributed by atoms with Gasteiger partial charge in [0.1, 0.15) is 0 Å². The van der Waals surface area contributed by atoms with Crippen LogP contribution in [0.4, 0.5) is 0 Å². The van der Waals surface area contributed by atoms with Crippen LogP contribution in [0, 0.1) is 5.92 Å². The molecule has 0 bridgehead atoms. The SMILES string of the molecule is C[C@H]1COC(C)(C)O[C@@H]1CN1C(=O)c2ccccc2C1=O. The van der Waals surface area contributed by atoms with Crippen LogP contribution in [-0.4, -0.2) is 41.8 Å². The first-order chi connectivity index (χ1) is 9.89. The molecule has 1 saturated heterocycles. The number of benzene rings is 1. The summed E-state index contributed by atoms with van der Waals surface area (Å²) in [5, 5.41) is 0. The summed E-state index contributed by atoms with van der Waals surface area (Å²) in [6.07, 6.45) is -0.212. The number of amides is 2. The number of hydrogen-bond donors (Lipinski definition) is 0. The number of carbonyl (C=O) groups excluding carboxylic acids is 2. The maximum absolute atomic E-state index is 12.4. The van der Waals surface area contributed by atoms with Crippen molar-refractivity contribution < 1.29 is 19.1 Å². The van der Waals surface area contributed by atoms with Crippen molar-refractivity contribution in [2.45, 2.75) is 32.7 Å². The zero-order valence-electron chi connectivity index (χ0n) is 12.5. The smallest absolute Gasteiger partial charge is 0.261 e. The van der Waals surface area contributed by atoms with Crippen molar-refractivity contribution in [3.05, 3.63) is 35.4 Å². The summed E-state index contributed by atoms with van der Waals surface area (Å²) >= 11 is 0. The molecule has 0 saturated carbocycles. The van der Waals surface area contributed by atoms with Gasteiger partial charge in [0.05, 0.1) is 30.4 Å². The number of carbonyl (C=O) groups is 2. The van der Waals surface area contributed by atoms with Crippen molar-refractivity contribution in [2.75, 3.05) is 13.2 Å². The summed E-state index contributed by atoms with van der Waals surface area (Å²) in [5.41, 5.74) is 0.947. The summed E-state index contributed by atoms with van der Waals surface area (Å²) in [6, 6.07) is 6.91. The Bertz CT molecular complexity index is 561. The Kier molecular flexibility index (Phi) is 3.34. The third-order valence-electron chi connectivity index (χ3n) is 4.00. The van der Waals surface area contributed by atoms with Crippen molar-refractivity contribution in [3.8, 4) is 0 Å². The Hall–Kier alpha value is -1.72. The fourth-order valence-corrected chi connectivity index (χ4v) is 2.76. The van der Waals surface area contributed by atoms with Gasteiger partial charge in [-0.25, -0.2) is 0 Å². The predicted octanol–water partition coefficient (Wildman–Crippen LogP) is 2.07. The summed E-state index contributed by atoms with van der Waals surface area (Å²) in [4.78, 5) is 26.0. The van der Waals surface area contributed by atoms with E-state index in [0.29, 0.717) is 17.7 Å². The van der Waals surface area contributed by atoms with Gasteiger partial charge in [-0.3, -0.25) is 14.5 Å².